The molecule has 0 bridgehead atoms. The van der Waals surface area contributed by atoms with Crippen molar-refractivity contribution >= 4 is 17.8 Å². The van der Waals surface area contributed by atoms with Gasteiger partial charge in [-0.05, 0) is 33.3 Å². The number of nitrogens with one attached hydrogen (secondary N) is 1. The van der Waals surface area contributed by atoms with Gasteiger partial charge in [0, 0.05) is 6.42 Å². The highest BCUT2D eigenvalue weighted by Crippen LogP contribution is 2.08. The van der Waals surface area contributed by atoms with E-state index < -0.39 is 29.5 Å². The molecule has 6 heteroatoms. The van der Waals surface area contributed by atoms with Crippen molar-refractivity contribution in [3.63, 3.8) is 0 Å². The minimum atomic E-state index is -1.04. The van der Waals surface area contributed by atoms with Crippen LogP contribution in [0, 0.1) is 0 Å². The normalized spacial score (nSPS) is 12.4. The lowest BCUT2D eigenvalue weighted by Crippen LogP contribution is -2.43. The van der Waals surface area contributed by atoms with Crippen molar-refractivity contribution in [1.29, 1.82) is 0 Å². The third-order valence-corrected chi connectivity index (χ3v) is 1.88. The van der Waals surface area contributed by atoms with E-state index in [1.807, 2.05) is 0 Å². The first-order valence-corrected chi connectivity index (χ1v) is 5.53. The first kappa shape index (κ1) is 16.1. The van der Waals surface area contributed by atoms with Gasteiger partial charge >= 0.3 is 12.1 Å². The van der Waals surface area contributed by atoms with Gasteiger partial charge < -0.3 is 15.2 Å². The van der Waals surface area contributed by atoms with E-state index >= 15 is 0 Å². The summed E-state index contributed by atoms with van der Waals surface area (Å²) in [6, 6.07) is -0.923. The monoisotopic (exact) mass is 257 g/mol. The molecule has 0 rings (SSSR count). The van der Waals surface area contributed by atoms with E-state index in [4.69, 9.17) is 9.84 Å². The first-order valence-electron chi connectivity index (χ1n) is 5.53. The smallest absolute Gasteiger partial charge is 0.408 e. The molecule has 0 aromatic heterocycles. The molecule has 1 atom stereocenters. The largest absolute Gasteiger partial charge is 0.481 e. The van der Waals surface area contributed by atoms with E-state index in [2.05, 4.69) is 11.9 Å². The molecule has 0 aliphatic heterocycles. The fourth-order valence-corrected chi connectivity index (χ4v) is 1.15. The Morgan fingerprint density at radius 1 is 1.39 bits per heavy atom. The Hall–Kier alpha value is -1.85. The maximum Gasteiger partial charge on any atom is 0.408 e. The number of carbonyl (C=O) groups excluding carboxylic acids is 2. The summed E-state index contributed by atoms with van der Waals surface area (Å²) in [6.45, 7) is 8.37. The summed E-state index contributed by atoms with van der Waals surface area (Å²) in [4.78, 5) is 33.4. The minimum absolute atomic E-state index is 0.000566. The van der Waals surface area contributed by atoms with E-state index in [1.165, 1.54) is 0 Å². The molecule has 0 aliphatic rings. The van der Waals surface area contributed by atoms with Crippen LogP contribution in [0.2, 0.25) is 0 Å². The zero-order chi connectivity index (χ0) is 14.3. The fraction of sp³-hybridized carbons (Fsp3) is 0.583. The van der Waals surface area contributed by atoms with Crippen LogP contribution in [0.5, 0.6) is 0 Å². The van der Waals surface area contributed by atoms with E-state index in [1.54, 1.807) is 20.8 Å². The van der Waals surface area contributed by atoms with Crippen LogP contribution in [0.25, 0.3) is 0 Å². The number of amides is 1. The Bertz CT molecular complexity index is 343. The van der Waals surface area contributed by atoms with Gasteiger partial charge in [-0.15, -0.1) is 0 Å². The van der Waals surface area contributed by atoms with Gasteiger partial charge in [0.1, 0.15) is 5.60 Å². The van der Waals surface area contributed by atoms with Crippen molar-refractivity contribution in [2.24, 2.45) is 0 Å². The number of rotatable bonds is 6. The van der Waals surface area contributed by atoms with Gasteiger partial charge in [0.2, 0.25) is 0 Å². The number of ether oxygens (including phenoxy) is 1. The number of ketones is 1. The number of alkyl carbamates (subject to hydrolysis) is 1. The Morgan fingerprint density at radius 3 is 2.33 bits per heavy atom. The summed E-state index contributed by atoms with van der Waals surface area (Å²) in [5.41, 5.74) is -0.682. The summed E-state index contributed by atoms with van der Waals surface area (Å²) >= 11 is 0. The Kier molecular flexibility index (Phi) is 6.08. The van der Waals surface area contributed by atoms with Gasteiger partial charge in [0.25, 0.3) is 0 Å². The molecule has 0 saturated carbocycles. The van der Waals surface area contributed by atoms with Crippen molar-refractivity contribution < 1.29 is 24.2 Å². The standard InChI is InChI=1S/C12H19NO5/c1-5-9(14)8(6-7-10(15)16)13-11(17)18-12(2,3)4/h5,8H,1,6-7H2,2-4H3,(H,13,17)(H,15,16). The molecular weight excluding hydrogens is 238 g/mol. The highest BCUT2D eigenvalue weighted by molar-refractivity contribution is 5.96. The Morgan fingerprint density at radius 2 is 1.94 bits per heavy atom. The molecule has 18 heavy (non-hydrogen) atoms. The topological polar surface area (TPSA) is 92.7 Å². The van der Waals surface area contributed by atoms with Crippen LogP contribution in [-0.4, -0.2) is 34.6 Å². The molecule has 0 spiro atoms. The lowest BCUT2D eigenvalue weighted by Gasteiger charge is -2.22. The van der Waals surface area contributed by atoms with Crippen LogP contribution in [0.4, 0.5) is 4.79 Å². The lowest BCUT2D eigenvalue weighted by atomic mass is 10.1. The van der Waals surface area contributed by atoms with E-state index in [-0.39, 0.29) is 12.8 Å². The molecule has 0 fully saturated rings. The van der Waals surface area contributed by atoms with Crippen LogP contribution in [0.15, 0.2) is 12.7 Å². The molecule has 2 N–H and O–H groups in total. The van der Waals surface area contributed by atoms with E-state index in [0.717, 1.165) is 6.08 Å². The third kappa shape index (κ3) is 7.43. The predicted molar refractivity (Wildman–Crippen MR) is 65.2 cm³/mol. The molecule has 1 unspecified atom stereocenters. The number of carboxylic acid groups (broad SMARTS) is 1. The molecule has 0 saturated heterocycles. The van der Waals surface area contributed by atoms with Crippen LogP contribution >= 0.6 is 0 Å². The van der Waals surface area contributed by atoms with Gasteiger partial charge in [-0.25, -0.2) is 4.79 Å². The van der Waals surface area contributed by atoms with Crippen LogP contribution in [-0.2, 0) is 14.3 Å². The lowest BCUT2D eigenvalue weighted by molar-refractivity contribution is -0.137. The van der Waals surface area contributed by atoms with Crippen LogP contribution in [0.3, 0.4) is 0 Å². The summed E-state index contributed by atoms with van der Waals surface area (Å²) in [5, 5.41) is 10.9. The maximum atomic E-state index is 11.5. The zero-order valence-corrected chi connectivity index (χ0v) is 10.9. The molecule has 0 heterocycles. The van der Waals surface area contributed by atoms with Gasteiger partial charge in [0.15, 0.2) is 5.78 Å². The summed E-state index contributed by atoms with van der Waals surface area (Å²) < 4.78 is 4.99. The van der Waals surface area contributed by atoms with Crippen molar-refractivity contribution in [3.8, 4) is 0 Å². The minimum Gasteiger partial charge on any atom is -0.481 e. The number of carbonyl (C=O) groups is 3. The third-order valence-electron chi connectivity index (χ3n) is 1.88. The van der Waals surface area contributed by atoms with Gasteiger partial charge in [-0.1, -0.05) is 6.58 Å². The molecular formula is C12H19NO5. The van der Waals surface area contributed by atoms with E-state index in [0.29, 0.717) is 0 Å². The Labute approximate surface area is 106 Å². The second-order valence-electron chi connectivity index (χ2n) is 4.74. The predicted octanol–water partition coefficient (Wildman–Crippen LogP) is 1.50. The van der Waals surface area contributed by atoms with Crippen molar-refractivity contribution in [2.45, 2.75) is 45.3 Å². The quantitative estimate of drug-likeness (QED) is 0.703. The summed E-state index contributed by atoms with van der Waals surface area (Å²) in [7, 11) is 0. The fourth-order valence-electron chi connectivity index (χ4n) is 1.15. The maximum absolute atomic E-state index is 11.5. The van der Waals surface area contributed by atoms with Gasteiger partial charge in [-0.2, -0.15) is 0 Å². The van der Waals surface area contributed by atoms with E-state index in [9.17, 15) is 14.4 Å². The van der Waals surface area contributed by atoms with Crippen molar-refractivity contribution in [2.75, 3.05) is 0 Å². The van der Waals surface area contributed by atoms with Crippen molar-refractivity contribution in [3.05, 3.63) is 12.7 Å². The number of carboxylic acids is 1. The molecule has 0 aliphatic carbocycles. The zero-order valence-electron chi connectivity index (χ0n) is 10.9. The molecule has 0 radical (unpaired) electrons. The molecule has 102 valence electrons. The highest BCUT2D eigenvalue weighted by atomic mass is 16.6. The van der Waals surface area contributed by atoms with Gasteiger partial charge in [0.05, 0.1) is 6.04 Å². The summed E-state index contributed by atoms with van der Waals surface area (Å²) in [5.74, 6) is -1.48. The van der Waals surface area contributed by atoms with Crippen molar-refractivity contribution in [1.82, 2.24) is 5.32 Å². The summed E-state index contributed by atoms with van der Waals surface area (Å²) in [6.07, 6.45) is 0.0664. The second kappa shape index (κ2) is 6.78. The number of hydrogen-bond donors (Lipinski definition) is 2. The number of aliphatic carboxylic acids is 1. The van der Waals surface area contributed by atoms with Crippen LogP contribution in [0.1, 0.15) is 33.6 Å². The second-order valence-corrected chi connectivity index (χ2v) is 4.74. The van der Waals surface area contributed by atoms with Gasteiger partial charge in [-0.3, -0.25) is 9.59 Å². The molecule has 0 aromatic carbocycles. The molecule has 1 amide bonds. The highest BCUT2D eigenvalue weighted by Gasteiger charge is 2.23. The van der Waals surface area contributed by atoms with Crippen LogP contribution < -0.4 is 5.32 Å². The number of hydrogen-bond acceptors (Lipinski definition) is 4. The molecule has 0 aromatic rings. The first-order chi connectivity index (χ1) is 8.15. The SMILES string of the molecule is C=CC(=O)C(CCC(=O)O)NC(=O)OC(C)(C)C. The molecule has 6 nitrogen and oxygen atoms in total. The Balaban J connectivity index is 4.49. The average Bonchev–Trinajstić information content (AvgIpc) is 2.20. The average molecular weight is 257 g/mol.